The summed E-state index contributed by atoms with van der Waals surface area (Å²) in [5.74, 6) is 6.70. The third-order valence-corrected chi connectivity index (χ3v) is 5.39. The average molecular weight is 371 g/mol. The van der Waals surface area contributed by atoms with Crippen LogP contribution in [0.15, 0.2) is 24.3 Å². The van der Waals surface area contributed by atoms with Crippen LogP contribution in [0.1, 0.15) is 40.0 Å². The molecule has 146 valence electrons. The molecule has 0 radical (unpaired) electrons. The van der Waals surface area contributed by atoms with Gasteiger partial charge in [-0.1, -0.05) is 11.8 Å². The highest BCUT2D eigenvalue weighted by Crippen LogP contribution is 2.34. The molecule has 0 spiro atoms. The monoisotopic (exact) mass is 371 g/mol. The molecule has 2 aliphatic rings. The normalized spacial score (nSPS) is 25.5. The number of nitrogens with zero attached hydrogens (tertiary/aromatic N) is 3. The minimum Gasteiger partial charge on any atom is -0.369 e. The van der Waals surface area contributed by atoms with Crippen LogP contribution in [0.2, 0.25) is 0 Å². The number of rotatable bonds is 3. The summed E-state index contributed by atoms with van der Waals surface area (Å²) >= 11 is 0. The Morgan fingerprint density at radius 3 is 2.37 bits per heavy atom. The van der Waals surface area contributed by atoms with Gasteiger partial charge in [-0.05, 0) is 52.2 Å². The van der Waals surface area contributed by atoms with Crippen LogP contribution in [0.25, 0.3) is 0 Å². The SMILES string of the molecule is CC1(C)CCC[C@@](C)(C#CCN2CCN(c3ccc([N+](=O)[O-])cc3)CC2)O1. The van der Waals surface area contributed by atoms with E-state index in [9.17, 15) is 10.1 Å². The Morgan fingerprint density at radius 2 is 1.78 bits per heavy atom. The number of benzene rings is 1. The van der Waals surface area contributed by atoms with Gasteiger partial charge in [0.15, 0.2) is 0 Å². The molecule has 1 aromatic carbocycles. The number of anilines is 1. The van der Waals surface area contributed by atoms with Crippen molar-refractivity contribution in [3.05, 3.63) is 34.4 Å². The molecule has 2 saturated heterocycles. The molecule has 0 aliphatic carbocycles. The molecule has 1 aromatic rings. The summed E-state index contributed by atoms with van der Waals surface area (Å²) < 4.78 is 6.20. The van der Waals surface area contributed by atoms with Gasteiger partial charge in [0.05, 0.1) is 17.1 Å². The molecule has 0 amide bonds. The van der Waals surface area contributed by atoms with Gasteiger partial charge in [-0.2, -0.15) is 0 Å². The zero-order chi connectivity index (χ0) is 19.5. The molecule has 0 saturated carbocycles. The highest BCUT2D eigenvalue weighted by Gasteiger charge is 2.35. The topological polar surface area (TPSA) is 58.9 Å². The van der Waals surface area contributed by atoms with Gasteiger partial charge in [-0.25, -0.2) is 0 Å². The molecular weight excluding hydrogens is 342 g/mol. The van der Waals surface area contributed by atoms with Crippen molar-refractivity contribution in [1.82, 2.24) is 4.90 Å². The van der Waals surface area contributed by atoms with Crippen molar-refractivity contribution in [2.45, 2.75) is 51.2 Å². The predicted octanol–water partition coefficient (Wildman–Crippen LogP) is 3.46. The lowest BCUT2D eigenvalue weighted by atomic mass is 9.88. The van der Waals surface area contributed by atoms with E-state index in [2.05, 4.69) is 42.4 Å². The molecular formula is C21H29N3O3. The molecule has 0 bridgehead atoms. The van der Waals surface area contributed by atoms with E-state index in [1.807, 2.05) is 12.1 Å². The fraction of sp³-hybridized carbons (Fsp3) is 0.619. The first-order valence-corrected chi connectivity index (χ1v) is 9.68. The highest BCUT2D eigenvalue weighted by molar-refractivity contribution is 5.51. The molecule has 2 heterocycles. The van der Waals surface area contributed by atoms with Crippen LogP contribution in [0, 0.1) is 22.0 Å². The van der Waals surface area contributed by atoms with Gasteiger partial charge in [0.2, 0.25) is 0 Å². The second-order valence-corrected chi connectivity index (χ2v) is 8.28. The molecule has 2 fully saturated rings. The highest BCUT2D eigenvalue weighted by atomic mass is 16.6. The van der Waals surface area contributed by atoms with Gasteiger partial charge >= 0.3 is 0 Å². The fourth-order valence-corrected chi connectivity index (χ4v) is 3.94. The van der Waals surface area contributed by atoms with Crippen LogP contribution in [-0.4, -0.2) is 53.7 Å². The van der Waals surface area contributed by atoms with Gasteiger partial charge in [0.1, 0.15) is 5.60 Å². The lowest BCUT2D eigenvalue weighted by Gasteiger charge is -2.40. The minimum atomic E-state index is -0.363. The number of non-ortho nitro benzene ring substituents is 1. The van der Waals surface area contributed by atoms with E-state index in [0.29, 0.717) is 0 Å². The summed E-state index contributed by atoms with van der Waals surface area (Å²) in [6.45, 7) is 10.8. The first-order chi connectivity index (χ1) is 12.8. The zero-order valence-corrected chi connectivity index (χ0v) is 16.5. The van der Waals surface area contributed by atoms with Crippen LogP contribution in [0.4, 0.5) is 11.4 Å². The smallest absolute Gasteiger partial charge is 0.269 e. The van der Waals surface area contributed by atoms with Crippen molar-refractivity contribution in [2.24, 2.45) is 0 Å². The maximum absolute atomic E-state index is 10.8. The van der Waals surface area contributed by atoms with E-state index in [1.165, 1.54) is 0 Å². The van der Waals surface area contributed by atoms with Crippen molar-refractivity contribution >= 4 is 11.4 Å². The number of ether oxygens (including phenoxy) is 1. The van der Waals surface area contributed by atoms with Crippen LogP contribution < -0.4 is 4.90 Å². The number of hydrogen-bond donors (Lipinski definition) is 0. The van der Waals surface area contributed by atoms with Crippen molar-refractivity contribution in [3.63, 3.8) is 0 Å². The van der Waals surface area contributed by atoms with Gasteiger partial charge in [0, 0.05) is 44.0 Å². The van der Waals surface area contributed by atoms with E-state index in [-0.39, 0.29) is 21.8 Å². The maximum atomic E-state index is 10.8. The zero-order valence-electron chi connectivity index (χ0n) is 16.5. The third kappa shape index (κ3) is 5.21. The van der Waals surface area contributed by atoms with Gasteiger partial charge in [-0.3, -0.25) is 15.0 Å². The molecule has 0 N–H and O–H groups in total. The molecule has 6 heteroatoms. The van der Waals surface area contributed by atoms with Crippen LogP contribution >= 0.6 is 0 Å². The first-order valence-electron chi connectivity index (χ1n) is 9.68. The Bertz CT molecular complexity index is 727. The number of hydrogen-bond acceptors (Lipinski definition) is 5. The van der Waals surface area contributed by atoms with Crippen molar-refractivity contribution in [1.29, 1.82) is 0 Å². The Kier molecular flexibility index (Phi) is 5.73. The molecule has 0 aromatic heterocycles. The summed E-state index contributed by atoms with van der Waals surface area (Å²) in [4.78, 5) is 15.0. The second-order valence-electron chi connectivity index (χ2n) is 8.28. The summed E-state index contributed by atoms with van der Waals surface area (Å²) in [6, 6.07) is 6.80. The van der Waals surface area contributed by atoms with E-state index >= 15 is 0 Å². The Balaban J connectivity index is 1.49. The quantitative estimate of drug-likeness (QED) is 0.463. The van der Waals surface area contributed by atoms with Crippen molar-refractivity contribution in [2.75, 3.05) is 37.6 Å². The lowest BCUT2D eigenvalue weighted by molar-refractivity contribution is -0.384. The van der Waals surface area contributed by atoms with Crippen molar-refractivity contribution < 1.29 is 9.66 Å². The van der Waals surface area contributed by atoms with E-state index in [4.69, 9.17) is 4.74 Å². The summed E-state index contributed by atoms with van der Waals surface area (Å²) in [6.07, 6.45) is 3.25. The molecule has 6 nitrogen and oxygen atoms in total. The van der Waals surface area contributed by atoms with Crippen LogP contribution in [-0.2, 0) is 4.74 Å². The molecule has 2 aliphatic heterocycles. The van der Waals surface area contributed by atoms with Gasteiger partial charge in [-0.15, -0.1) is 0 Å². The van der Waals surface area contributed by atoms with Crippen LogP contribution in [0.3, 0.4) is 0 Å². The lowest BCUT2D eigenvalue weighted by Crippen LogP contribution is -2.46. The summed E-state index contributed by atoms with van der Waals surface area (Å²) in [5, 5.41) is 10.8. The van der Waals surface area contributed by atoms with E-state index < -0.39 is 0 Å². The molecule has 3 rings (SSSR count). The number of piperazine rings is 1. The summed E-state index contributed by atoms with van der Waals surface area (Å²) in [5.41, 5.74) is 0.756. The minimum absolute atomic E-state index is 0.0853. The van der Waals surface area contributed by atoms with E-state index in [0.717, 1.165) is 57.7 Å². The van der Waals surface area contributed by atoms with Gasteiger partial charge < -0.3 is 9.64 Å². The standard InChI is InChI=1S/C21H29N3O3/c1-20(2)10-4-11-21(3,27-20)12-5-13-22-14-16-23(17-15-22)18-6-8-19(9-7-18)24(25)26/h6-9H,4,10-11,13-17H2,1-3H3/t21-/m0/s1. The van der Waals surface area contributed by atoms with Crippen molar-refractivity contribution in [3.8, 4) is 11.8 Å². The molecule has 27 heavy (non-hydrogen) atoms. The Hall–Kier alpha value is -2.10. The van der Waals surface area contributed by atoms with Crippen LogP contribution in [0.5, 0.6) is 0 Å². The number of nitro groups is 1. The third-order valence-electron chi connectivity index (χ3n) is 5.39. The fourth-order valence-electron chi connectivity index (χ4n) is 3.94. The van der Waals surface area contributed by atoms with Gasteiger partial charge in [0.25, 0.3) is 5.69 Å². The largest absolute Gasteiger partial charge is 0.369 e. The average Bonchev–Trinajstić information content (AvgIpc) is 2.61. The number of nitro benzene ring substituents is 1. The Labute approximate surface area is 161 Å². The molecule has 0 unspecified atom stereocenters. The predicted molar refractivity (Wildman–Crippen MR) is 107 cm³/mol. The maximum Gasteiger partial charge on any atom is 0.269 e. The Morgan fingerprint density at radius 1 is 1.11 bits per heavy atom. The first kappa shape index (κ1) is 19.7. The summed E-state index contributed by atoms with van der Waals surface area (Å²) in [7, 11) is 0. The second kappa shape index (κ2) is 7.87. The van der Waals surface area contributed by atoms with E-state index in [1.54, 1.807) is 12.1 Å². The molecule has 1 atom stereocenters.